The second-order valence-electron chi connectivity index (χ2n) is 4.43. The SMILES string of the molecule is COCCn1cc(NS(=O)(=O)c2cc(CN)oc2C)cn1. The summed E-state index contributed by atoms with van der Waals surface area (Å²) in [7, 11) is -2.14. The highest BCUT2D eigenvalue weighted by atomic mass is 32.2. The molecule has 0 unspecified atom stereocenters. The molecule has 0 amide bonds. The first-order valence-corrected chi connectivity index (χ1v) is 7.78. The van der Waals surface area contributed by atoms with Gasteiger partial charge in [-0.25, -0.2) is 8.42 Å². The zero-order valence-electron chi connectivity index (χ0n) is 11.9. The number of aryl methyl sites for hydroxylation is 1. The summed E-state index contributed by atoms with van der Waals surface area (Å²) in [6.07, 6.45) is 3.03. The van der Waals surface area contributed by atoms with Crippen LogP contribution < -0.4 is 10.5 Å². The smallest absolute Gasteiger partial charge is 0.265 e. The van der Waals surface area contributed by atoms with Crippen LogP contribution in [0.1, 0.15) is 11.5 Å². The van der Waals surface area contributed by atoms with Gasteiger partial charge in [0, 0.05) is 19.4 Å². The van der Waals surface area contributed by atoms with Gasteiger partial charge in [0.05, 0.1) is 31.6 Å². The van der Waals surface area contributed by atoms with Crippen molar-refractivity contribution in [2.24, 2.45) is 5.73 Å². The molecule has 116 valence electrons. The number of nitrogens with zero attached hydrogens (tertiary/aromatic N) is 2. The van der Waals surface area contributed by atoms with Crippen molar-refractivity contribution in [3.8, 4) is 0 Å². The zero-order valence-corrected chi connectivity index (χ0v) is 12.7. The van der Waals surface area contributed by atoms with Crippen LogP contribution in [0.4, 0.5) is 5.69 Å². The Balaban J connectivity index is 2.16. The molecule has 2 rings (SSSR count). The van der Waals surface area contributed by atoms with E-state index < -0.39 is 10.0 Å². The maximum absolute atomic E-state index is 12.3. The van der Waals surface area contributed by atoms with E-state index >= 15 is 0 Å². The van der Waals surface area contributed by atoms with Crippen molar-refractivity contribution >= 4 is 15.7 Å². The number of rotatable bonds is 7. The molecule has 0 aliphatic rings. The van der Waals surface area contributed by atoms with E-state index in [9.17, 15) is 8.42 Å². The van der Waals surface area contributed by atoms with E-state index in [4.69, 9.17) is 14.9 Å². The topological polar surface area (TPSA) is 112 Å². The number of anilines is 1. The van der Waals surface area contributed by atoms with Crippen LogP contribution in [0, 0.1) is 6.92 Å². The zero-order chi connectivity index (χ0) is 15.5. The number of ether oxygens (including phenoxy) is 1. The summed E-state index contributed by atoms with van der Waals surface area (Å²) >= 11 is 0. The van der Waals surface area contributed by atoms with Crippen LogP contribution in [0.2, 0.25) is 0 Å². The summed E-state index contributed by atoms with van der Waals surface area (Å²) in [6, 6.07) is 1.42. The van der Waals surface area contributed by atoms with Crippen molar-refractivity contribution < 1.29 is 17.6 Å². The molecule has 21 heavy (non-hydrogen) atoms. The second kappa shape index (κ2) is 6.29. The Bertz CT molecular complexity index is 705. The summed E-state index contributed by atoms with van der Waals surface area (Å²) in [5, 5.41) is 4.04. The van der Waals surface area contributed by atoms with Crippen molar-refractivity contribution in [1.29, 1.82) is 0 Å². The molecule has 0 saturated carbocycles. The van der Waals surface area contributed by atoms with Crippen molar-refractivity contribution in [3.63, 3.8) is 0 Å². The molecule has 0 aromatic carbocycles. The van der Waals surface area contributed by atoms with E-state index in [0.29, 0.717) is 30.4 Å². The summed E-state index contributed by atoms with van der Waals surface area (Å²) in [5.41, 5.74) is 5.82. The lowest BCUT2D eigenvalue weighted by Gasteiger charge is -2.04. The third kappa shape index (κ3) is 3.63. The molecular formula is C12H18N4O4S. The van der Waals surface area contributed by atoms with E-state index in [0.717, 1.165) is 0 Å². The Morgan fingerprint density at radius 1 is 1.52 bits per heavy atom. The molecule has 9 heteroatoms. The fourth-order valence-corrected chi connectivity index (χ4v) is 3.06. The quantitative estimate of drug-likeness (QED) is 0.777. The van der Waals surface area contributed by atoms with Crippen molar-refractivity contribution in [2.45, 2.75) is 24.9 Å². The van der Waals surface area contributed by atoms with Crippen LogP contribution in [0.3, 0.4) is 0 Å². The minimum atomic E-state index is -3.72. The fourth-order valence-electron chi connectivity index (χ4n) is 1.83. The van der Waals surface area contributed by atoms with Gasteiger partial charge < -0.3 is 14.9 Å². The first kappa shape index (κ1) is 15.5. The van der Waals surface area contributed by atoms with Gasteiger partial charge in [0.25, 0.3) is 10.0 Å². The molecule has 0 bridgehead atoms. The number of furan rings is 1. The molecule has 2 aromatic heterocycles. The van der Waals surface area contributed by atoms with Gasteiger partial charge in [-0.1, -0.05) is 0 Å². The van der Waals surface area contributed by atoms with Crippen LogP contribution in [-0.4, -0.2) is 31.9 Å². The first-order chi connectivity index (χ1) is 9.96. The van der Waals surface area contributed by atoms with Gasteiger partial charge in [0.15, 0.2) is 0 Å². The molecule has 0 aliphatic heterocycles. The monoisotopic (exact) mass is 314 g/mol. The average molecular weight is 314 g/mol. The van der Waals surface area contributed by atoms with Gasteiger partial charge in [0.2, 0.25) is 0 Å². The van der Waals surface area contributed by atoms with Crippen molar-refractivity contribution in [2.75, 3.05) is 18.4 Å². The lowest BCUT2D eigenvalue weighted by molar-refractivity contribution is 0.183. The van der Waals surface area contributed by atoms with Gasteiger partial charge in [-0.3, -0.25) is 9.40 Å². The van der Waals surface area contributed by atoms with E-state index in [1.165, 1.54) is 12.3 Å². The van der Waals surface area contributed by atoms with Crippen LogP contribution >= 0.6 is 0 Å². The van der Waals surface area contributed by atoms with E-state index in [1.807, 2.05) is 0 Å². The molecule has 2 aromatic rings. The van der Waals surface area contributed by atoms with Gasteiger partial charge in [-0.05, 0) is 6.92 Å². The highest BCUT2D eigenvalue weighted by molar-refractivity contribution is 7.92. The van der Waals surface area contributed by atoms with Crippen LogP contribution in [0.15, 0.2) is 27.8 Å². The normalized spacial score (nSPS) is 11.8. The summed E-state index contributed by atoms with van der Waals surface area (Å²) < 4.78 is 38.8. The van der Waals surface area contributed by atoms with E-state index in [-0.39, 0.29) is 11.4 Å². The Hall–Kier alpha value is -1.84. The predicted octanol–water partition coefficient (Wildman–Crippen LogP) is 0.690. The molecular weight excluding hydrogens is 296 g/mol. The third-order valence-electron chi connectivity index (χ3n) is 2.82. The number of nitrogens with two attached hydrogens (primary N) is 1. The molecule has 0 saturated heterocycles. The number of nitrogens with one attached hydrogen (secondary N) is 1. The van der Waals surface area contributed by atoms with Gasteiger partial charge >= 0.3 is 0 Å². The van der Waals surface area contributed by atoms with Crippen molar-refractivity contribution in [3.05, 3.63) is 30.0 Å². The molecule has 2 heterocycles. The second-order valence-corrected chi connectivity index (χ2v) is 6.08. The third-order valence-corrected chi connectivity index (χ3v) is 4.31. The molecule has 0 spiro atoms. The minimum Gasteiger partial charge on any atom is -0.464 e. The van der Waals surface area contributed by atoms with Gasteiger partial charge in [-0.15, -0.1) is 0 Å². The number of methoxy groups -OCH3 is 1. The first-order valence-electron chi connectivity index (χ1n) is 6.30. The van der Waals surface area contributed by atoms with E-state index in [1.54, 1.807) is 24.9 Å². The molecule has 8 nitrogen and oxygen atoms in total. The molecule has 0 aliphatic carbocycles. The highest BCUT2D eigenvalue weighted by Crippen LogP contribution is 2.22. The number of sulfonamides is 1. The summed E-state index contributed by atoms with van der Waals surface area (Å²) in [4.78, 5) is 0.0765. The van der Waals surface area contributed by atoms with Gasteiger partial charge in [0.1, 0.15) is 16.4 Å². The number of hydrogen-bond donors (Lipinski definition) is 2. The number of aromatic nitrogens is 2. The van der Waals surface area contributed by atoms with Crippen LogP contribution in [0.5, 0.6) is 0 Å². The number of hydrogen-bond acceptors (Lipinski definition) is 6. The highest BCUT2D eigenvalue weighted by Gasteiger charge is 2.21. The largest absolute Gasteiger partial charge is 0.464 e. The molecule has 0 fully saturated rings. The molecule has 0 radical (unpaired) electrons. The molecule has 3 N–H and O–H groups in total. The van der Waals surface area contributed by atoms with Gasteiger partial charge in [-0.2, -0.15) is 5.10 Å². The Labute approximate surface area is 122 Å². The summed E-state index contributed by atoms with van der Waals surface area (Å²) in [5.74, 6) is 0.721. The maximum Gasteiger partial charge on any atom is 0.265 e. The molecule has 0 atom stereocenters. The van der Waals surface area contributed by atoms with E-state index in [2.05, 4.69) is 9.82 Å². The Morgan fingerprint density at radius 2 is 2.29 bits per heavy atom. The minimum absolute atomic E-state index is 0.0765. The lowest BCUT2D eigenvalue weighted by atomic mass is 10.4. The summed E-state index contributed by atoms with van der Waals surface area (Å²) in [6.45, 7) is 2.76. The predicted molar refractivity (Wildman–Crippen MR) is 76.2 cm³/mol. The average Bonchev–Trinajstić information content (AvgIpc) is 3.02. The van der Waals surface area contributed by atoms with Crippen LogP contribution in [0.25, 0.3) is 0 Å². The van der Waals surface area contributed by atoms with Crippen molar-refractivity contribution in [1.82, 2.24) is 9.78 Å². The van der Waals surface area contributed by atoms with Crippen LogP contribution in [-0.2, 0) is 27.8 Å². The standard InChI is InChI=1S/C12H18N4O4S/c1-9-12(5-11(6-13)20-9)21(17,18)15-10-7-14-16(8-10)3-4-19-2/h5,7-8,15H,3-4,6,13H2,1-2H3. The fraction of sp³-hybridized carbons (Fsp3) is 0.417. The lowest BCUT2D eigenvalue weighted by Crippen LogP contribution is -2.13. The Morgan fingerprint density at radius 3 is 2.90 bits per heavy atom. The maximum atomic E-state index is 12.3. The Kier molecular flexibility index (Phi) is 4.66.